The van der Waals surface area contributed by atoms with Gasteiger partial charge in [0, 0.05) is 6.42 Å². The molecule has 25 heavy (non-hydrogen) atoms. The third-order valence-electron chi connectivity index (χ3n) is 3.89. The summed E-state index contributed by atoms with van der Waals surface area (Å²) >= 11 is 0. The van der Waals surface area contributed by atoms with Crippen molar-refractivity contribution in [2.45, 2.75) is 31.8 Å². The monoisotopic (exact) mass is 347 g/mol. The Morgan fingerprint density at radius 3 is 2.12 bits per heavy atom. The maximum Gasteiger partial charge on any atom is 0.326 e. The maximum absolute atomic E-state index is 12.3. The number of nitrogens with one attached hydrogen (secondary N) is 1. The van der Waals surface area contributed by atoms with Crippen molar-refractivity contribution in [3.63, 3.8) is 0 Å². The molecule has 9 nitrogen and oxygen atoms in total. The molecule has 0 aromatic heterocycles. The molecule has 0 saturated heterocycles. The molecule has 0 radical (unpaired) electrons. The molecule has 1 aliphatic heterocycles. The lowest BCUT2D eigenvalue weighted by molar-refractivity contribution is -0.142. The van der Waals surface area contributed by atoms with Crippen molar-refractivity contribution in [3.05, 3.63) is 35.4 Å². The molecular formula is C16H17N3O6. The fourth-order valence-electron chi connectivity index (χ4n) is 2.51. The second kappa shape index (κ2) is 7.12. The molecule has 0 spiro atoms. The number of carbonyl (C=O) groups excluding carboxylic acids is 4. The summed E-state index contributed by atoms with van der Waals surface area (Å²) in [4.78, 5) is 59.7. The first-order valence-corrected chi connectivity index (χ1v) is 7.52. The van der Waals surface area contributed by atoms with E-state index in [-0.39, 0.29) is 24.0 Å². The molecule has 1 aromatic rings. The number of hydrogen-bond acceptors (Lipinski definition) is 5. The summed E-state index contributed by atoms with van der Waals surface area (Å²) < 4.78 is 0. The van der Waals surface area contributed by atoms with Gasteiger partial charge in [-0.1, -0.05) is 12.1 Å². The molecular weight excluding hydrogens is 330 g/mol. The Kier molecular flexibility index (Phi) is 5.16. The molecule has 1 heterocycles. The minimum atomic E-state index is -1.35. The normalized spacial score (nSPS) is 15.5. The van der Waals surface area contributed by atoms with Gasteiger partial charge in [0.15, 0.2) is 0 Å². The van der Waals surface area contributed by atoms with Crippen LogP contribution in [0.25, 0.3) is 0 Å². The fraction of sp³-hybridized carbons (Fsp3) is 0.312. The summed E-state index contributed by atoms with van der Waals surface area (Å²) in [6.45, 7) is 1.32. The summed E-state index contributed by atoms with van der Waals surface area (Å²) in [6.07, 6.45) is -0.413. The van der Waals surface area contributed by atoms with Crippen molar-refractivity contribution >= 4 is 29.6 Å². The average molecular weight is 347 g/mol. The van der Waals surface area contributed by atoms with E-state index in [4.69, 9.17) is 10.8 Å². The van der Waals surface area contributed by atoms with E-state index in [1.54, 1.807) is 12.1 Å². The van der Waals surface area contributed by atoms with E-state index in [0.717, 1.165) is 4.90 Å². The highest BCUT2D eigenvalue weighted by molar-refractivity contribution is 6.22. The van der Waals surface area contributed by atoms with E-state index in [0.29, 0.717) is 0 Å². The number of carboxylic acid groups (broad SMARTS) is 1. The fourth-order valence-corrected chi connectivity index (χ4v) is 2.51. The van der Waals surface area contributed by atoms with Gasteiger partial charge in [-0.3, -0.25) is 24.1 Å². The number of imide groups is 1. The van der Waals surface area contributed by atoms with Gasteiger partial charge < -0.3 is 16.2 Å². The predicted octanol–water partition coefficient (Wildman–Crippen LogP) is -0.494. The molecule has 2 unspecified atom stereocenters. The zero-order chi connectivity index (χ0) is 18.7. The number of rotatable bonds is 7. The van der Waals surface area contributed by atoms with Gasteiger partial charge >= 0.3 is 5.97 Å². The number of primary amides is 1. The number of aliphatic carboxylic acids is 1. The van der Waals surface area contributed by atoms with Crippen molar-refractivity contribution in [1.82, 2.24) is 10.2 Å². The number of carboxylic acids is 1. The van der Waals surface area contributed by atoms with Gasteiger partial charge in [0.2, 0.25) is 11.8 Å². The number of fused-ring (bicyclic) bond motifs is 1. The van der Waals surface area contributed by atoms with Gasteiger partial charge in [0.25, 0.3) is 11.8 Å². The van der Waals surface area contributed by atoms with Crippen molar-refractivity contribution in [3.8, 4) is 0 Å². The predicted molar refractivity (Wildman–Crippen MR) is 84.4 cm³/mol. The highest BCUT2D eigenvalue weighted by atomic mass is 16.4. The summed E-state index contributed by atoms with van der Waals surface area (Å²) in [7, 11) is 0. The molecule has 0 bridgehead atoms. The number of nitrogens with two attached hydrogens (primary N) is 1. The van der Waals surface area contributed by atoms with Crippen LogP contribution in [0.5, 0.6) is 0 Å². The topological polar surface area (TPSA) is 147 Å². The zero-order valence-corrected chi connectivity index (χ0v) is 13.4. The van der Waals surface area contributed by atoms with Crippen molar-refractivity contribution < 1.29 is 29.1 Å². The number of nitrogens with zero attached hydrogens (tertiary/aromatic N) is 1. The Hall–Kier alpha value is -3.23. The van der Waals surface area contributed by atoms with E-state index in [9.17, 15) is 24.0 Å². The van der Waals surface area contributed by atoms with Gasteiger partial charge in [-0.15, -0.1) is 0 Å². The molecule has 0 aliphatic carbocycles. The minimum absolute atomic E-state index is 0.189. The van der Waals surface area contributed by atoms with Crippen LogP contribution < -0.4 is 11.1 Å². The lowest BCUT2D eigenvalue weighted by Gasteiger charge is -2.23. The van der Waals surface area contributed by atoms with Gasteiger partial charge in [0.05, 0.1) is 11.1 Å². The number of hydrogen-bond donors (Lipinski definition) is 3. The standard InChI is InChI=1S/C16H17N3O6/c1-8(13(21)18-11(16(24)25)6-7-12(17)20)19-14(22)9-4-2-3-5-10(9)15(19)23/h2-5,8,11H,6-7H2,1H3,(H2,17,20)(H,18,21)(H,24,25). The summed E-state index contributed by atoms with van der Waals surface area (Å²) in [5.74, 6) is -4.09. The first-order valence-electron chi connectivity index (χ1n) is 7.52. The maximum atomic E-state index is 12.3. The van der Waals surface area contributed by atoms with Crippen LogP contribution in [0.4, 0.5) is 0 Å². The van der Waals surface area contributed by atoms with Crippen molar-refractivity contribution in [1.29, 1.82) is 0 Å². The van der Waals surface area contributed by atoms with Gasteiger partial charge in [-0.2, -0.15) is 0 Å². The van der Waals surface area contributed by atoms with Crippen LogP contribution >= 0.6 is 0 Å². The lowest BCUT2D eigenvalue weighted by atomic mass is 10.1. The zero-order valence-electron chi connectivity index (χ0n) is 13.4. The van der Waals surface area contributed by atoms with Crippen LogP contribution in [0.15, 0.2) is 24.3 Å². The van der Waals surface area contributed by atoms with Crippen LogP contribution in [0, 0.1) is 0 Å². The molecule has 0 saturated carbocycles. The number of benzene rings is 1. The molecule has 9 heteroatoms. The summed E-state index contributed by atoms with van der Waals surface area (Å²) in [6, 6.07) is 3.60. The molecule has 2 atom stereocenters. The Labute approximate surface area is 142 Å². The molecule has 4 N–H and O–H groups in total. The Morgan fingerprint density at radius 2 is 1.68 bits per heavy atom. The van der Waals surface area contributed by atoms with Crippen LogP contribution in [-0.4, -0.2) is 51.7 Å². The molecule has 132 valence electrons. The quantitative estimate of drug-likeness (QED) is 0.567. The van der Waals surface area contributed by atoms with E-state index >= 15 is 0 Å². The van der Waals surface area contributed by atoms with Gasteiger partial charge in [0.1, 0.15) is 12.1 Å². The van der Waals surface area contributed by atoms with E-state index in [2.05, 4.69) is 5.32 Å². The molecule has 1 aromatic carbocycles. The highest BCUT2D eigenvalue weighted by Crippen LogP contribution is 2.24. The van der Waals surface area contributed by atoms with Crippen molar-refractivity contribution in [2.24, 2.45) is 5.73 Å². The summed E-state index contributed by atoms with van der Waals surface area (Å²) in [5.41, 5.74) is 5.35. The number of amides is 4. The second-order valence-electron chi connectivity index (χ2n) is 5.61. The highest BCUT2D eigenvalue weighted by Gasteiger charge is 2.41. The van der Waals surface area contributed by atoms with Crippen molar-refractivity contribution in [2.75, 3.05) is 0 Å². The SMILES string of the molecule is CC(C(=O)NC(CCC(N)=O)C(=O)O)N1C(=O)c2ccccc2C1=O. The van der Waals surface area contributed by atoms with Gasteiger partial charge in [-0.25, -0.2) is 4.79 Å². The van der Waals surface area contributed by atoms with E-state index < -0.39 is 41.7 Å². The second-order valence-corrected chi connectivity index (χ2v) is 5.61. The first-order chi connectivity index (χ1) is 11.7. The molecule has 0 fully saturated rings. The van der Waals surface area contributed by atoms with E-state index in [1.807, 2.05) is 0 Å². The van der Waals surface area contributed by atoms with Gasteiger partial charge in [-0.05, 0) is 25.5 Å². The molecule has 1 aliphatic rings. The Bertz CT molecular complexity index is 725. The summed E-state index contributed by atoms with van der Waals surface area (Å²) in [5, 5.41) is 11.3. The van der Waals surface area contributed by atoms with Crippen LogP contribution in [-0.2, 0) is 14.4 Å². The van der Waals surface area contributed by atoms with Crippen LogP contribution in [0.3, 0.4) is 0 Å². The largest absolute Gasteiger partial charge is 0.480 e. The molecule has 4 amide bonds. The van der Waals surface area contributed by atoms with E-state index in [1.165, 1.54) is 19.1 Å². The lowest BCUT2D eigenvalue weighted by Crippen LogP contribution is -2.52. The average Bonchev–Trinajstić information content (AvgIpc) is 2.81. The van der Waals surface area contributed by atoms with Crippen LogP contribution in [0.2, 0.25) is 0 Å². The first kappa shape index (κ1) is 18.1. The Balaban J connectivity index is 2.12. The third kappa shape index (κ3) is 3.65. The number of carbonyl (C=O) groups is 5. The van der Waals surface area contributed by atoms with Crippen LogP contribution in [0.1, 0.15) is 40.5 Å². The molecule has 2 rings (SSSR count). The smallest absolute Gasteiger partial charge is 0.326 e. The third-order valence-corrected chi connectivity index (χ3v) is 3.89. The minimum Gasteiger partial charge on any atom is -0.480 e. The Morgan fingerprint density at radius 1 is 1.16 bits per heavy atom.